The summed E-state index contributed by atoms with van der Waals surface area (Å²) >= 11 is 1.68. The Hall–Kier alpha value is -3.51. The zero-order valence-electron chi connectivity index (χ0n) is 16.3. The number of carbonyl (C=O) groups is 1. The highest BCUT2D eigenvalue weighted by molar-refractivity contribution is 7.13. The lowest BCUT2D eigenvalue weighted by molar-refractivity contribution is 0.0945. The molecule has 2 aromatic carbocycles. The molecule has 0 bridgehead atoms. The number of aryl methyl sites for hydroxylation is 2. The fourth-order valence-electron chi connectivity index (χ4n) is 3.34. The van der Waals surface area contributed by atoms with E-state index in [0.29, 0.717) is 25.1 Å². The van der Waals surface area contributed by atoms with Crippen molar-refractivity contribution >= 4 is 17.2 Å². The topological polar surface area (TPSA) is 85.4 Å². The number of aromatic nitrogens is 1. The molecular weight excluding hydrogens is 396 g/mol. The van der Waals surface area contributed by atoms with Crippen LogP contribution in [0.5, 0.6) is 11.6 Å². The minimum absolute atomic E-state index is 0.117. The van der Waals surface area contributed by atoms with Crippen LogP contribution in [0.2, 0.25) is 0 Å². The van der Waals surface area contributed by atoms with Crippen LogP contribution in [-0.4, -0.2) is 21.1 Å². The number of aromatic amines is 1. The van der Waals surface area contributed by atoms with Crippen LogP contribution in [0.3, 0.4) is 0 Å². The molecule has 4 aromatic rings. The largest absolute Gasteiger partial charge is 0.505 e. The number of rotatable bonds is 7. The van der Waals surface area contributed by atoms with Gasteiger partial charge in [0.15, 0.2) is 5.75 Å². The SMILES string of the molecule is O=C(NCc1ccc(-c2cccs2)cc1)c1c(O)[nH]c(CCc2ccccc2)c1O. The summed E-state index contributed by atoms with van der Waals surface area (Å²) in [6.45, 7) is 0.299. The van der Waals surface area contributed by atoms with E-state index >= 15 is 0 Å². The molecule has 2 aromatic heterocycles. The first-order chi connectivity index (χ1) is 14.6. The average molecular weight is 419 g/mol. The Morgan fingerprint density at radius 3 is 2.37 bits per heavy atom. The maximum atomic E-state index is 12.6. The van der Waals surface area contributed by atoms with Crippen molar-refractivity contribution in [3.05, 3.63) is 94.5 Å². The molecule has 1 amide bonds. The first-order valence-electron chi connectivity index (χ1n) is 9.69. The van der Waals surface area contributed by atoms with Crippen LogP contribution in [0.1, 0.15) is 27.2 Å². The van der Waals surface area contributed by atoms with Gasteiger partial charge in [0.1, 0.15) is 5.56 Å². The molecule has 30 heavy (non-hydrogen) atoms. The molecule has 0 saturated carbocycles. The molecule has 0 atom stereocenters. The predicted molar refractivity (Wildman–Crippen MR) is 119 cm³/mol. The number of hydrogen-bond acceptors (Lipinski definition) is 4. The Morgan fingerprint density at radius 1 is 0.900 bits per heavy atom. The first-order valence-corrected chi connectivity index (χ1v) is 10.6. The molecule has 0 saturated heterocycles. The molecule has 152 valence electrons. The van der Waals surface area contributed by atoms with Crippen LogP contribution in [-0.2, 0) is 19.4 Å². The van der Waals surface area contributed by atoms with Gasteiger partial charge in [-0.1, -0.05) is 60.7 Å². The number of thiophene rings is 1. The van der Waals surface area contributed by atoms with Gasteiger partial charge < -0.3 is 20.5 Å². The van der Waals surface area contributed by atoms with Gasteiger partial charge in [-0.25, -0.2) is 0 Å². The first kappa shape index (κ1) is 19.8. The number of benzene rings is 2. The van der Waals surface area contributed by atoms with Gasteiger partial charge in [-0.05, 0) is 41.0 Å². The molecule has 0 radical (unpaired) electrons. The molecule has 5 nitrogen and oxygen atoms in total. The molecule has 0 aliphatic carbocycles. The highest BCUT2D eigenvalue weighted by Crippen LogP contribution is 2.31. The van der Waals surface area contributed by atoms with E-state index in [0.717, 1.165) is 16.7 Å². The van der Waals surface area contributed by atoms with E-state index in [-0.39, 0.29) is 17.2 Å². The maximum Gasteiger partial charge on any atom is 0.260 e. The Balaban J connectivity index is 1.39. The number of carbonyl (C=O) groups excluding carboxylic acids is 1. The van der Waals surface area contributed by atoms with Crippen molar-refractivity contribution < 1.29 is 15.0 Å². The number of H-pyrrole nitrogens is 1. The fraction of sp³-hybridized carbons (Fsp3) is 0.125. The summed E-state index contributed by atoms with van der Waals surface area (Å²) < 4.78 is 0. The molecule has 0 aliphatic heterocycles. The zero-order chi connectivity index (χ0) is 20.9. The summed E-state index contributed by atoms with van der Waals surface area (Å²) in [5.41, 5.74) is 3.50. The van der Waals surface area contributed by atoms with Gasteiger partial charge in [0.25, 0.3) is 5.91 Å². The van der Waals surface area contributed by atoms with Crippen molar-refractivity contribution in [2.24, 2.45) is 0 Å². The minimum atomic E-state index is -0.519. The Kier molecular flexibility index (Phi) is 5.86. The third kappa shape index (κ3) is 4.39. The van der Waals surface area contributed by atoms with Crippen LogP contribution < -0.4 is 5.32 Å². The van der Waals surface area contributed by atoms with Crippen molar-refractivity contribution in [1.29, 1.82) is 0 Å². The van der Waals surface area contributed by atoms with Gasteiger partial charge in [-0.15, -0.1) is 11.3 Å². The highest BCUT2D eigenvalue weighted by atomic mass is 32.1. The summed E-state index contributed by atoms with van der Waals surface area (Å²) in [7, 11) is 0. The molecule has 0 unspecified atom stereocenters. The quantitative estimate of drug-likeness (QED) is 0.345. The van der Waals surface area contributed by atoms with Crippen LogP contribution in [0, 0.1) is 0 Å². The van der Waals surface area contributed by atoms with Crippen LogP contribution in [0.4, 0.5) is 0 Å². The molecule has 0 aliphatic rings. The Morgan fingerprint density at radius 2 is 1.67 bits per heavy atom. The van der Waals surface area contributed by atoms with Gasteiger partial charge in [0.05, 0.1) is 5.69 Å². The van der Waals surface area contributed by atoms with Crippen molar-refractivity contribution in [2.75, 3.05) is 0 Å². The monoisotopic (exact) mass is 418 g/mol. The number of hydrogen-bond donors (Lipinski definition) is 4. The second kappa shape index (κ2) is 8.88. The van der Waals surface area contributed by atoms with Crippen molar-refractivity contribution in [1.82, 2.24) is 10.3 Å². The van der Waals surface area contributed by atoms with Crippen LogP contribution >= 0.6 is 11.3 Å². The van der Waals surface area contributed by atoms with E-state index in [9.17, 15) is 15.0 Å². The second-order valence-corrected chi connectivity index (χ2v) is 7.97. The normalized spacial score (nSPS) is 10.8. The number of amides is 1. The molecule has 4 N–H and O–H groups in total. The third-order valence-electron chi connectivity index (χ3n) is 4.98. The summed E-state index contributed by atoms with van der Waals surface area (Å²) in [5.74, 6) is -1.04. The lowest BCUT2D eigenvalue weighted by Gasteiger charge is -2.06. The van der Waals surface area contributed by atoms with Gasteiger partial charge >= 0.3 is 0 Å². The smallest absolute Gasteiger partial charge is 0.260 e. The standard InChI is InChI=1S/C24H22N2O3S/c27-22-19(13-10-16-5-2-1-3-6-16)26-24(29)21(22)23(28)25-15-17-8-11-18(12-9-17)20-7-4-14-30-20/h1-9,11-12,14,26-27,29H,10,13,15H2,(H,25,28). The van der Waals surface area contributed by atoms with Gasteiger partial charge in [-0.2, -0.15) is 0 Å². The van der Waals surface area contributed by atoms with E-state index < -0.39 is 5.91 Å². The van der Waals surface area contributed by atoms with Gasteiger partial charge in [0, 0.05) is 11.4 Å². The van der Waals surface area contributed by atoms with E-state index in [1.54, 1.807) is 11.3 Å². The van der Waals surface area contributed by atoms with E-state index in [1.165, 1.54) is 4.88 Å². The fourth-order valence-corrected chi connectivity index (χ4v) is 4.07. The lowest BCUT2D eigenvalue weighted by Crippen LogP contribution is -2.22. The molecule has 0 spiro atoms. The maximum absolute atomic E-state index is 12.6. The Bertz CT molecular complexity index is 1120. The van der Waals surface area contributed by atoms with Crippen molar-refractivity contribution in [3.8, 4) is 22.1 Å². The predicted octanol–water partition coefficient (Wildman–Crippen LogP) is 4.87. The second-order valence-electron chi connectivity index (χ2n) is 7.02. The van der Waals surface area contributed by atoms with E-state index in [2.05, 4.69) is 16.4 Å². The zero-order valence-corrected chi connectivity index (χ0v) is 17.1. The third-order valence-corrected chi connectivity index (χ3v) is 5.89. The lowest BCUT2D eigenvalue weighted by atomic mass is 10.1. The van der Waals surface area contributed by atoms with Crippen LogP contribution in [0.25, 0.3) is 10.4 Å². The summed E-state index contributed by atoms with van der Waals surface area (Å²) in [6.07, 6.45) is 1.17. The van der Waals surface area contributed by atoms with Crippen molar-refractivity contribution in [3.63, 3.8) is 0 Å². The average Bonchev–Trinajstić information content (AvgIpc) is 3.40. The summed E-state index contributed by atoms with van der Waals surface area (Å²) in [6, 6.07) is 21.9. The van der Waals surface area contributed by atoms with Gasteiger partial charge in [-0.3, -0.25) is 4.79 Å². The molecular formula is C24H22N2O3S. The molecule has 0 fully saturated rings. The van der Waals surface area contributed by atoms with Gasteiger partial charge in [0.2, 0.25) is 5.88 Å². The summed E-state index contributed by atoms with van der Waals surface area (Å²) in [4.78, 5) is 16.5. The van der Waals surface area contributed by atoms with E-state index in [1.807, 2.05) is 66.0 Å². The van der Waals surface area contributed by atoms with Crippen LogP contribution in [0.15, 0.2) is 72.1 Å². The Labute approximate surface area is 178 Å². The number of nitrogens with one attached hydrogen (secondary N) is 2. The molecule has 2 heterocycles. The minimum Gasteiger partial charge on any atom is -0.505 e. The van der Waals surface area contributed by atoms with E-state index in [4.69, 9.17) is 0 Å². The summed E-state index contributed by atoms with van der Waals surface area (Å²) in [5, 5.41) is 25.4. The highest BCUT2D eigenvalue weighted by Gasteiger charge is 2.22. The molecule has 6 heteroatoms. The molecule has 4 rings (SSSR count). The number of aromatic hydroxyl groups is 2. The van der Waals surface area contributed by atoms with Crippen molar-refractivity contribution in [2.45, 2.75) is 19.4 Å².